The van der Waals surface area contributed by atoms with Crippen LogP contribution in [0.3, 0.4) is 0 Å². The van der Waals surface area contributed by atoms with Crippen LogP contribution in [0, 0.1) is 5.92 Å². The van der Waals surface area contributed by atoms with Crippen LogP contribution in [0.5, 0.6) is 0 Å². The Balaban J connectivity index is 1.57. The highest BCUT2D eigenvalue weighted by Gasteiger charge is 2.37. The normalized spacial score (nSPS) is 15.9. The summed E-state index contributed by atoms with van der Waals surface area (Å²) in [4.78, 5) is 38.4. The van der Waals surface area contributed by atoms with Crippen LogP contribution < -0.4 is 10.2 Å². The highest BCUT2D eigenvalue weighted by atomic mass is 79.9. The van der Waals surface area contributed by atoms with Gasteiger partial charge in [0.25, 0.3) is 5.91 Å². The molecular formula is C21H19BrCl2N2O4. The molecule has 6 nitrogen and oxygen atoms in total. The first-order valence-electron chi connectivity index (χ1n) is 9.29. The van der Waals surface area contributed by atoms with Gasteiger partial charge in [-0.15, -0.1) is 0 Å². The molecule has 1 atom stereocenters. The number of esters is 1. The van der Waals surface area contributed by atoms with Crippen molar-refractivity contribution in [3.63, 3.8) is 0 Å². The van der Waals surface area contributed by atoms with Gasteiger partial charge in [-0.05, 0) is 42.3 Å². The van der Waals surface area contributed by atoms with Crippen molar-refractivity contribution in [1.82, 2.24) is 0 Å². The van der Waals surface area contributed by atoms with Crippen LogP contribution in [0.25, 0.3) is 0 Å². The summed E-state index contributed by atoms with van der Waals surface area (Å²) >= 11 is 15.6. The maximum atomic E-state index is 12.4. The number of hydrogen-bond donors (Lipinski definition) is 1. The van der Waals surface area contributed by atoms with E-state index in [9.17, 15) is 14.4 Å². The third-order valence-electron chi connectivity index (χ3n) is 4.75. The van der Waals surface area contributed by atoms with Gasteiger partial charge in [0, 0.05) is 23.1 Å². The number of anilines is 2. The molecular weight excluding hydrogens is 495 g/mol. The summed E-state index contributed by atoms with van der Waals surface area (Å²) in [6.07, 6.45) is 0.719. The number of halogens is 3. The number of nitrogens with one attached hydrogen (secondary N) is 1. The SMILES string of the molecule is CCc1cc(Br)ccc1NC(=O)COC(=O)[C@@H]1CC(=O)N(c2cccc(Cl)c2Cl)C1. The van der Waals surface area contributed by atoms with Gasteiger partial charge in [0.05, 0.1) is 21.7 Å². The molecule has 158 valence electrons. The van der Waals surface area contributed by atoms with Crippen LogP contribution in [-0.4, -0.2) is 30.9 Å². The molecule has 0 unspecified atom stereocenters. The highest BCUT2D eigenvalue weighted by Crippen LogP contribution is 2.35. The van der Waals surface area contributed by atoms with Crippen molar-refractivity contribution >= 4 is 68.3 Å². The predicted molar refractivity (Wildman–Crippen MR) is 120 cm³/mol. The number of nitrogens with zero attached hydrogens (tertiary/aromatic N) is 1. The van der Waals surface area contributed by atoms with Crippen molar-refractivity contribution < 1.29 is 19.1 Å². The second-order valence-corrected chi connectivity index (χ2v) is 8.49. The molecule has 1 heterocycles. The van der Waals surface area contributed by atoms with Crippen molar-refractivity contribution in [3.05, 3.63) is 56.5 Å². The van der Waals surface area contributed by atoms with Crippen LogP contribution in [0.15, 0.2) is 40.9 Å². The molecule has 1 aliphatic rings. The fraction of sp³-hybridized carbons (Fsp3) is 0.286. The second kappa shape index (κ2) is 9.81. The molecule has 0 bridgehead atoms. The summed E-state index contributed by atoms with van der Waals surface area (Å²) in [6.45, 7) is 1.67. The second-order valence-electron chi connectivity index (χ2n) is 6.79. The van der Waals surface area contributed by atoms with E-state index >= 15 is 0 Å². The maximum absolute atomic E-state index is 12.4. The highest BCUT2D eigenvalue weighted by molar-refractivity contribution is 9.10. The lowest BCUT2D eigenvalue weighted by Gasteiger charge is -2.18. The van der Waals surface area contributed by atoms with E-state index in [0.717, 1.165) is 16.5 Å². The third kappa shape index (κ3) is 5.14. The molecule has 3 rings (SSSR count). The lowest BCUT2D eigenvalue weighted by atomic mass is 10.1. The number of rotatable bonds is 6. The van der Waals surface area contributed by atoms with E-state index in [1.165, 1.54) is 4.90 Å². The van der Waals surface area contributed by atoms with Crippen LogP contribution in [0.2, 0.25) is 10.0 Å². The van der Waals surface area contributed by atoms with E-state index < -0.39 is 24.4 Å². The van der Waals surface area contributed by atoms with Crippen molar-refractivity contribution in [1.29, 1.82) is 0 Å². The molecule has 2 aromatic carbocycles. The van der Waals surface area contributed by atoms with Gasteiger partial charge < -0.3 is 15.0 Å². The summed E-state index contributed by atoms with van der Waals surface area (Å²) in [6, 6.07) is 10.5. The van der Waals surface area contributed by atoms with Gasteiger partial charge in [0.15, 0.2) is 6.61 Å². The zero-order valence-corrected chi connectivity index (χ0v) is 19.2. The first kappa shape index (κ1) is 22.6. The minimum atomic E-state index is -0.681. The molecule has 1 aliphatic heterocycles. The zero-order valence-electron chi connectivity index (χ0n) is 16.1. The minimum absolute atomic E-state index is 0.0179. The number of carbonyl (C=O) groups excluding carboxylic acids is 3. The Labute approximate surface area is 192 Å². The average Bonchev–Trinajstić information content (AvgIpc) is 3.11. The Morgan fingerprint density at radius 3 is 2.77 bits per heavy atom. The van der Waals surface area contributed by atoms with Crippen molar-refractivity contribution in [2.75, 3.05) is 23.4 Å². The summed E-state index contributed by atoms with van der Waals surface area (Å²) in [5.41, 5.74) is 2.07. The number of amides is 2. The number of benzene rings is 2. The molecule has 0 saturated carbocycles. The minimum Gasteiger partial charge on any atom is -0.455 e. The average molecular weight is 514 g/mol. The number of ether oxygens (including phenoxy) is 1. The first-order valence-corrected chi connectivity index (χ1v) is 10.8. The molecule has 1 fully saturated rings. The lowest BCUT2D eigenvalue weighted by molar-refractivity contribution is -0.151. The Morgan fingerprint density at radius 1 is 1.27 bits per heavy atom. The summed E-state index contributed by atoms with van der Waals surface area (Å²) in [7, 11) is 0. The Morgan fingerprint density at radius 2 is 2.03 bits per heavy atom. The molecule has 1 saturated heterocycles. The largest absolute Gasteiger partial charge is 0.455 e. The van der Waals surface area contributed by atoms with Crippen molar-refractivity contribution in [3.8, 4) is 0 Å². The fourth-order valence-electron chi connectivity index (χ4n) is 3.22. The standard InChI is InChI=1S/C21H19BrCl2N2O4/c1-2-12-8-14(22)6-7-16(12)25-18(27)11-30-21(29)13-9-19(28)26(10-13)17-5-3-4-15(23)20(17)24/h3-8,13H,2,9-11H2,1H3,(H,25,27)/t13-/m1/s1. The molecule has 0 spiro atoms. The van der Waals surface area contributed by atoms with Gasteiger partial charge in [-0.1, -0.05) is 52.1 Å². The summed E-state index contributed by atoms with van der Waals surface area (Å²) < 4.78 is 6.06. The van der Waals surface area contributed by atoms with Crippen LogP contribution >= 0.6 is 39.1 Å². The van der Waals surface area contributed by atoms with Crippen molar-refractivity contribution in [2.24, 2.45) is 5.92 Å². The fourth-order valence-corrected chi connectivity index (χ4v) is 4.02. The molecule has 9 heteroatoms. The first-order chi connectivity index (χ1) is 14.3. The monoisotopic (exact) mass is 512 g/mol. The lowest BCUT2D eigenvalue weighted by Crippen LogP contribution is -2.28. The van der Waals surface area contributed by atoms with Gasteiger partial charge in [0.2, 0.25) is 5.91 Å². The van der Waals surface area contributed by atoms with E-state index in [-0.39, 0.29) is 23.9 Å². The molecule has 2 amide bonds. The van der Waals surface area contributed by atoms with E-state index in [1.54, 1.807) is 24.3 Å². The molecule has 0 radical (unpaired) electrons. The van der Waals surface area contributed by atoms with Crippen LogP contribution in [0.4, 0.5) is 11.4 Å². The van der Waals surface area contributed by atoms with Gasteiger partial charge in [-0.2, -0.15) is 0 Å². The van der Waals surface area contributed by atoms with E-state index in [1.807, 2.05) is 19.1 Å². The topological polar surface area (TPSA) is 75.7 Å². The molecule has 0 aromatic heterocycles. The molecule has 2 aromatic rings. The molecule has 0 aliphatic carbocycles. The number of hydrogen-bond acceptors (Lipinski definition) is 4. The Kier molecular flexibility index (Phi) is 7.39. The predicted octanol–water partition coefficient (Wildman–Crippen LogP) is 4.85. The van der Waals surface area contributed by atoms with Crippen LogP contribution in [0.1, 0.15) is 18.9 Å². The smallest absolute Gasteiger partial charge is 0.311 e. The molecule has 30 heavy (non-hydrogen) atoms. The van der Waals surface area contributed by atoms with E-state index in [0.29, 0.717) is 16.4 Å². The van der Waals surface area contributed by atoms with Gasteiger partial charge in [0.1, 0.15) is 0 Å². The summed E-state index contributed by atoms with van der Waals surface area (Å²) in [5, 5.41) is 3.32. The number of carbonyl (C=O) groups is 3. The Bertz CT molecular complexity index is 999. The summed E-state index contributed by atoms with van der Waals surface area (Å²) in [5.74, 6) is -1.99. The van der Waals surface area contributed by atoms with E-state index in [4.69, 9.17) is 27.9 Å². The third-order valence-corrected chi connectivity index (χ3v) is 6.05. The molecule has 1 N–H and O–H groups in total. The van der Waals surface area contributed by atoms with Gasteiger partial charge >= 0.3 is 5.97 Å². The van der Waals surface area contributed by atoms with E-state index in [2.05, 4.69) is 21.2 Å². The maximum Gasteiger partial charge on any atom is 0.311 e. The number of aryl methyl sites for hydroxylation is 1. The Hall–Kier alpha value is -2.09. The van der Waals surface area contributed by atoms with Crippen LogP contribution in [-0.2, 0) is 25.5 Å². The van der Waals surface area contributed by atoms with Gasteiger partial charge in [-0.25, -0.2) is 0 Å². The quantitative estimate of drug-likeness (QED) is 0.560. The zero-order chi connectivity index (χ0) is 21.8. The van der Waals surface area contributed by atoms with Crippen molar-refractivity contribution in [2.45, 2.75) is 19.8 Å². The van der Waals surface area contributed by atoms with Gasteiger partial charge in [-0.3, -0.25) is 14.4 Å².